The van der Waals surface area contributed by atoms with Gasteiger partial charge in [0.05, 0.1) is 6.61 Å². The van der Waals surface area contributed by atoms with E-state index in [0.717, 1.165) is 4.47 Å². The number of nitrogens with one attached hydrogen (secondary N) is 1. The highest BCUT2D eigenvalue weighted by Gasteiger charge is 2.23. The van der Waals surface area contributed by atoms with Crippen LogP contribution in [0.5, 0.6) is 0 Å². The second-order valence-corrected chi connectivity index (χ2v) is 4.87. The smallest absolute Gasteiger partial charge is 0.327 e. The number of carbonyl (C=O) groups excluding carboxylic acids is 1. The molecule has 5 heteroatoms. The molecular formula is C13H15BrClNO2. The van der Waals surface area contributed by atoms with Gasteiger partial charge in [-0.1, -0.05) is 39.7 Å². The lowest BCUT2D eigenvalue weighted by Gasteiger charge is -2.18. The molecule has 0 aliphatic rings. The number of rotatable bonds is 6. The van der Waals surface area contributed by atoms with Crippen molar-refractivity contribution in [1.82, 2.24) is 5.32 Å². The number of halogens is 2. The van der Waals surface area contributed by atoms with Gasteiger partial charge < -0.3 is 4.74 Å². The summed E-state index contributed by atoms with van der Waals surface area (Å²) in [4.78, 5) is 11.9. The lowest BCUT2D eigenvalue weighted by Crippen LogP contribution is -2.30. The Balaban J connectivity index is 3.00. The van der Waals surface area contributed by atoms with Crippen LogP contribution in [0.25, 0.3) is 0 Å². The molecule has 0 heterocycles. The minimum Gasteiger partial charge on any atom is -0.465 e. The molecule has 0 aliphatic carbocycles. The lowest BCUT2D eigenvalue weighted by molar-refractivity contribution is -0.145. The van der Waals surface area contributed by atoms with Gasteiger partial charge in [0, 0.05) is 16.0 Å². The van der Waals surface area contributed by atoms with Gasteiger partial charge in [-0.15, -0.1) is 6.58 Å². The van der Waals surface area contributed by atoms with Crippen molar-refractivity contribution in [1.29, 1.82) is 0 Å². The van der Waals surface area contributed by atoms with Gasteiger partial charge in [0.1, 0.15) is 6.04 Å². The first-order chi connectivity index (χ1) is 8.60. The third-order valence-electron chi connectivity index (χ3n) is 2.26. The number of benzene rings is 1. The summed E-state index contributed by atoms with van der Waals surface area (Å²) < 4.78 is 5.90. The molecule has 0 aromatic heterocycles. The van der Waals surface area contributed by atoms with Crippen molar-refractivity contribution in [2.75, 3.05) is 13.2 Å². The van der Waals surface area contributed by atoms with Crippen molar-refractivity contribution in [3.05, 3.63) is 45.9 Å². The summed E-state index contributed by atoms with van der Waals surface area (Å²) in [5.74, 6) is -0.344. The van der Waals surface area contributed by atoms with Crippen molar-refractivity contribution in [3.63, 3.8) is 0 Å². The number of ether oxygens (including phenoxy) is 1. The minimum absolute atomic E-state index is 0.333. The van der Waals surface area contributed by atoms with Crippen molar-refractivity contribution < 1.29 is 9.53 Å². The number of carbonyl (C=O) groups is 1. The first-order valence-corrected chi connectivity index (χ1v) is 6.73. The molecular weight excluding hydrogens is 318 g/mol. The molecule has 1 unspecified atom stereocenters. The highest BCUT2D eigenvalue weighted by molar-refractivity contribution is 9.10. The zero-order valence-electron chi connectivity index (χ0n) is 10.1. The van der Waals surface area contributed by atoms with Crippen LogP contribution in [-0.2, 0) is 9.53 Å². The summed E-state index contributed by atoms with van der Waals surface area (Å²) in [7, 11) is 0. The van der Waals surface area contributed by atoms with Crippen LogP contribution in [0.4, 0.5) is 0 Å². The fourth-order valence-electron chi connectivity index (χ4n) is 1.48. The van der Waals surface area contributed by atoms with E-state index >= 15 is 0 Å². The average Bonchev–Trinajstić information content (AvgIpc) is 2.32. The third kappa shape index (κ3) is 4.12. The van der Waals surface area contributed by atoms with E-state index in [1.54, 1.807) is 25.1 Å². The van der Waals surface area contributed by atoms with E-state index < -0.39 is 6.04 Å². The summed E-state index contributed by atoms with van der Waals surface area (Å²) in [6, 6.07) is 4.80. The van der Waals surface area contributed by atoms with Crippen LogP contribution in [0.1, 0.15) is 18.5 Å². The summed E-state index contributed by atoms with van der Waals surface area (Å²) in [6.45, 7) is 6.21. The molecule has 0 amide bonds. The predicted molar refractivity (Wildman–Crippen MR) is 76.7 cm³/mol. The van der Waals surface area contributed by atoms with Gasteiger partial charge in [-0.25, -0.2) is 4.79 Å². The van der Waals surface area contributed by atoms with Crippen molar-refractivity contribution >= 4 is 33.5 Å². The van der Waals surface area contributed by atoms with Crippen LogP contribution in [0, 0.1) is 0 Å². The molecule has 98 valence electrons. The number of hydrogen-bond acceptors (Lipinski definition) is 3. The number of hydrogen-bond donors (Lipinski definition) is 1. The molecule has 1 rings (SSSR count). The minimum atomic E-state index is -0.580. The van der Waals surface area contributed by atoms with E-state index in [1.165, 1.54) is 0 Å². The number of esters is 1. The van der Waals surface area contributed by atoms with E-state index in [-0.39, 0.29) is 5.97 Å². The molecule has 0 radical (unpaired) electrons. The highest BCUT2D eigenvalue weighted by Crippen LogP contribution is 2.27. The SMILES string of the molecule is C=CCNC(C(=O)OCC)c1ccc(Br)cc1Cl. The Morgan fingerprint density at radius 2 is 2.39 bits per heavy atom. The first kappa shape index (κ1) is 15.2. The molecule has 18 heavy (non-hydrogen) atoms. The standard InChI is InChI=1S/C13H15BrClNO2/c1-3-7-16-12(13(17)18-4-2)10-6-5-9(14)8-11(10)15/h3,5-6,8,12,16H,1,4,7H2,2H3. The summed E-state index contributed by atoms with van der Waals surface area (Å²) >= 11 is 9.47. The molecule has 0 aliphatic heterocycles. The van der Waals surface area contributed by atoms with Crippen LogP contribution >= 0.6 is 27.5 Å². The van der Waals surface area contributed by atoms with Crippen molar-refractivity contribution in [3.8, 4) is 0 Å². The van der Waals surface area contributed by atoms with Crippen molar-refractivity contribution in [2.45, 2.75) is 13.0 Å². The van der Waals surface area contributed by atoms with E-state index in [2.05, 4.69) is 27.8 Å². The van der Waals surface area contributed by atoms with E-state index in [9.17, 15) is 4.79 Å². The van der Waals surface area contributed by atoms with E-state index in [4.69, 9.17) is 16.3 Å². The van der Waals surface area contributed by atoms with Crippen LogP contribution in [0.15, 0.2) is 35.3 Å². The van der Waals surface area contributed by atoms with Crippen molar-refractivity contribution in [2.24, 2.45) is 0 Å². The molecule has 1 aromatic carbocycles. The quantitative estimate of drug-likeness (QED) is 0.640. The van der Waals surface area contributed by atoms with Gasteiger partial charge >= 0.3 is 5.97 Å². The Morgan fingerprint density at radius 1 is 1.67 bits per heavy atom. The summed E-state index contributed by atoms with van der Waals surface area (Å²) in [5.41, 5.74) is 0.695. The van der Waals surface area contributed by atoms with Gasteiger partial charge in [-0.2, -0.15) is 0 Å². The maximum atomic E-state index is 11.9. The molecule has 0 bridgehead atoms. The molecule has 3 nitrogen and oxygen atoms in total. The second-order valence-electron chi connectivity index (χ2n) is 3.55. The molecule has 0 saturated carbocycles. The molecule has 0 spiro atoms. The maximum absolute atomic E-state index is 11.9. The largest absolute Gasteiger partial charge is 0.465 e. The van der Waals surface area contributed by atoms with Crippen LogP contribution < -0.4 is 5.32 Å². The second kappa shape index (κ2) is 7.56. The first-order valence-electron chi connectivity index (χ1n) is 5.56. The van der Waals surface area contributed by atoms with E-state index in [1.807, 2.05) is 6.07 Å². The van der Waals surface area contributed by atoms with Crippen LogP contribution in [0.3, 0.4) is 0 Å². The predicted octanol–water partition coefficient (Wildman–Crippen LogP) is 3.48. The maximum Gasteiger partial charge on any atom is 0.327 e. The van der Waals surface area contributed by atoms with Gasteiger partial charge in [0.25, 0.3) is 0 Å². The highest BCUT2D eigenvalue weighted by atomic mass is 79.9. The summed E-state index contributed by atoms with van der Waals surface area (Å²) in [6.07, 6.45) is 1.68. The molecule has 1 N–H and O–H groups in total. The third-order valence-corrected chi connectivity index (χ3v) is 3.08. The summed E-state index contributed by atoms with van der Waals surface area (Å²) in [5, 5.41) is 3.55. The Hall–Kier alpha value is -0.840. The van der Waals surface area contributed by atoms with Gasteiger partial charge in [0.15, 0.2) is 0 Å². The monoisotopic (exact) mass is 331 g/mol. The topological polar surface area (TPSA) is 38.3 Å². The molecule has 0 saturated heterocycles. The fraction of sp³-hybridized carbons (Fsp3) is 0.308. The van der Waals surface area contributed by atoms with E-state index in [0.29, 0.717) is 23.7 Å². The van der Waals surface area contributed by atoms with Crippen LogP contribution in [-0.4, -0.2) is 19.1 Å². The molecule has 1 aromatic rings. The molecule has 0 fully saturated rings. The van der Waals surface area contributed by atoms with Gasteiger partial charge in [-0.05, 0) is 24.6 Å². The average molecular weight is 333 g/mol. The van der Waals surface area contributed by atoms with Gasteiger partial charge in [-0.3, -0.25) is 5.32 Å². The Labute approximate surface area is 120 Å². The van der Waals surface area contributed by atoms with Gasteiger partial charge in [0.2, 0.25) is 0 Å². The Bertz CT molecular complexity index is 437. The zero-order valence-corrected chi connectivity index (χ0v) is 12.4. The van der Waals surface area contributed by atoms with Crippen LogP contribution in [0.2, 0.25) is 5.02 Å². The fourth-order valence-corrected chi connectivity index (χ4v) is 2.27. The molecule has 1 atom stereocenters. The Kier molecular flexibility index (Phi) is 6.39. The normalized spacial score (nSPS) is 11.9. The lowest BCUT2D eigenvalue weighted by atomic mass is 10.1. The zero-order chi connectivity index (χ0) is 13.5. The Morgan fingerprint density at radius 3 is 2.94 bits per heavy atom.